The van der Waals surface area contributed by atoms with Crippen LogP contribution < -0.4 is 0 Å². The summed E-state index contributed by atoms with van der Waals surface area (Å²) in [5.74, 6) is -1.07. The lowest BCUT2D eigenvalue weighted by molar-refractivity contribution is 0.0518. The van der Waals surface area contributed by atoms with Gasteiger partial charge in [-0.15, -0.1) is 0 Å². The number of aromatic nitrogens is 2. The zero-order chi connectivity index (χ0) is 28.7. The quantitative estimate of drug-likeness (QED) is 0.161. The first kappa shape index (κ1) is 30.3. The lowest BCUT2D eigenvalue weighted by Crippen LogP contribution is -2.05. The van der Waals surface area contributed by atoms with Gasteiger partial charge < -0.3 is 19.4 Å². The maximum atomic E-state index is 12.0. The van der Waals surface area contributed by atoms with Gasteiger partial charge in [0.1, 0.15) is 0 Å². The summed E-state index contributed by atoms with van der Waals surface area (Å²) in [5.41, 5.74) is 3.42. The number of hydrogen-bond donors (Lipinski definition) is 2. The number of rotatable bonds is 7. The highest BCUT2D eigenvalue weighted by atomic mass is 35.5. The van der Waals surface area contributed by atoms with E-state index in [0.29, 0.717) is 60.5 Å². The maximum absolute atomic E-state index is 12.0. The van der Waals surface area contributed by atoms with E-state index in [1.165, 1.54) is 13.0 Å². The van der Waals surface area contributed by atoms with Crippen molar-refractivity contribution in [1.82, 2.24) is 9.97 Å². The number of carbonyl (C=O) groups is 3. The number of ketones is 1. The third-order valence-corrected chi connectivity index (χ3v) is 6.43. The number of benzene rings is 2. The number of Topliss-reactive ketones (excluding diaryl/α,β-unsaturated/α-hetero) is 1. The summed E-state index contributed by atoms with van der Waals surface area (Å²) in [7, 11) is 0. The molecule has 39 heavy (non-hydrogen) atoms. The molecule has 204 valence electrons. The molecule has 0 saturated carbocycles. The molecule has 0 aliphatic rings. The van der Waals surface area contributed by atoms with Crippen molar-refractivity contribution < 1.29 is 23.9 Å². The van der Waals surface area contributed by atoms with Crippen molar-refractivity contribution in [2.75, 3.05) is 13.2 Å². The minimum absolute atomic E-state index is 0.183. The van der Waals surface area contributed by atoms with E-state index in [0.717, 1.165) is 0 Å². The molecule has 0 fully saturated rings. The van der Waals surface area contributed by atoms with Crippen molar-refractivity contribution in [2.24, 2.45) is 0 Å². The molecule has 2 heterocycles. The van der Waals surface area contributed by atoms with Gasteiger partial charge in [-0.05, 0) is 62.4 Å². The van der Waals surface area contributed by atoms with Crippen molar-refractivity contribution >= 4 is 64.1 Å². The Morgan fingerprint density at radius 1 is 0.718 bits per heavy atom. The van der Waals surface area contributed by atoms with E-state index in [9.17, 15) is 14.4 Å². The van der Waals surface area contributed by atoms with Gasteiger partial charge in [0.05, 0.1) is 51.5 Å². The van der Waals surface area contributed by atoms with Gasteiger partial charge in [0.25, 0.3) is 0 Å². The fraction of sp³-hybridized carbons (Fsp3) is 0.179. The standard InChI is InChI=1S/C15H13Cl2NO3.C13H11Cl2NO2/c1-3-21-15(20)11-7-13(8(2)19)18-14(11)10-5-4-9(16)6-12(10)17;1-2-18-13(17)10-5-6-16-12(10)9-4-3-8(14)7-11(9)15/h4-7,18H,3H2,1-2H3;3-7,16H,2H2,1H3. The Balaban J connectivity index is 0.000000218. The fourth-order valence-corrected chi connectivity index (χ4v) is 4.59. The molecule has 0 bridgehead atoms. The second kappa shape index (κ2) is 13.7. The number of H-pyrrole nitrogens is 2. The first-order valence-electron chi connectivity index (χ1n) is 11.7. The Hall–Kier alpha value is -3.23. The molecule has 0 radical (unpaired) electrons. The molecule has 0 atom stereocenters. The van der Waals surface area contributed by atoms with E-state index >= 15 is 0 Å². The average molecular weight is 610 g/mol. The highest BCUT2D eigenvalue weighted by Gasteiger charge is 2.21. The molecule has 4 rings (SSSR count). The van der Waals surface area contributed by atoms with E-state index in [4.69, 9.17) is 55.9 Å². The second-order valence-electron chi connectivity index (χ2n) is 7.98. The first-order valence-corrected chi connectivity index (χ1v) is 13.2. The van der Waals surface area contributed by atoms with Crippen LogP contribution in [-0.4, -0.2) is 40.9 Å². The van der Waals surface area contributed by atoms with Crippen LogP contribution in [0.2, 0.25) is 20.1 Å². The van der Waals surface area contributed by atoms with Gasteiger partial charge >= 0.3 is 11.9 Å². The Morgan fingerprint density at radius 2 is 1.23 bits per heavy atom. The Kier molecular flexibility index (Phi) is 10.7. The highest BCUT2D eigenvalue weighted by Crippen LogP contribution is 2.33. The van der Waals surface area contributed by atoms with Crippen molar-refractivity contribution in [2.45, 2.75) is 20.8 Å². The molecular formula is C28H24Cl4N2O5. The summed E-state index contributed by atoms with van der Waals surface area (Å²) in [6.07, 6.45) is 1.67. The highest BCUT2D eigenvalue weighted by molar-refractivity contribution is 6.37. The molecule has 2 aromatic heterocycles. The van der Waals surface area contributed by atoms with E-state index in [1.807, 2.05) is 0 Å². The Labute approximate surface area is 245 Å². The molecule has 2 N–H and O–H groups in total. The SMILES string of the molecule is CCOC(=O)c1cc(C(C)=O)[nH]c1-c1ccc(Cl)cc1Cl.CCOC(=O)c1cc[nH]c1-c1ccc(Cl)cc1Cl. The van der Waals surface area contributed by atoms with Crippen molar-refractivity contribution in [1.29, 1.82) is 0 Å². The lowest BCUT2D eigenvalue weighted by atomic mass is 10.1. The van der Waals surface area contributed by atoms with Crippen LogP contribution >= 0.6 is 46.4 Å². The monoisotopic (exact) mass is 608 g/mol. The number of aromatic amines is 2. The lowest BCUT2D eigenvalue weighted by Gasteiger charge is -2.06. The van der Waals surface area contributed by atoms with Crippen LogP contribution in [0.5, 0.6) is 0 Å². The topological polar surface area (TPSA) is 101 Å². The van der Waals surface area contributed by atoms with Crippen molar-refractivity contribution in [3.63, 3.8) is 0 Å². The van der Waals surface area contributed by atoms with Gasteiger partial charge in [0.15, 0.2) is 5.78 Å². The maximum Gasteiger partial charge on any atom is 0.340 e. The number of nitrogens with one attached hydrogen (secondary N) is 2. The van der Waals surface area contributed by atoms with Crippen LogP contribution in [-0.2, 0) is 9.47 Å². The predicted molar refractivity (Wildman–Crippen MR) is 154 cm³/mol. The molecule has 0 spiro atoms. The average Bonchev–Trinajstić information content (AvgIpc) is 3.53. The molecular weight excluding hydrogens is 586 g/mol. The first-order chi connectivity index (χ1) is 18.6. The van der Waals surface area contributed by atoms with Gasteiger partial charge in [0.2, 0.25) is 0 Å². The van der Waals surface area contributed by atoms with E-state index in [-0.39, 0.29) is 23.9 Å². The fourth-order valence-electron chi connectivity index (χ4n) is 3.58. The molecule has 11 heteroatoms. The third-order valence-electron chi connectivity index (χ3n) is 5.34. The smallest absolute Gasteiger partial charge is 0.340 e. The van der Waals surface area contributed by atoms with Crippen LogP contribution in [0, 0.1) is 0 Å². The van der Waals surface area contributed by atoms with Crippen LogP contribution in [0.15, 0.2) is 54.7 Å². The van der Waals surface area contributed by atoms with Gasteiger partial charge in [-0.1, -0.05) is 46.4 Å². The summed E-state index contributed by atoms with van der Waals surface area (Å²) in [6, 6.07) is 13.2. The predicted octanol–water partition coefficient (Wildman–Crippen LogP) is 8.53. The zero-order valence-corrected chi connectivity index (χ0v) is 24.2. The minimum atomic E-state index is -0.512. The van der Waals surface area contributed by atoms with Crippen LogP contribution in [0.4, 0.5) is 0 Å². The van der Waals surface area contributed by atoms with Gasteiger partial charge in [-0.2, -0.15) is 0 Å². The third kappa shape index (κ3) is 7.46. The molecule has 0 amide bonds. The number of carbonyl (C=O) groups excluding carboxylic acids is 3. The molecule has 0 aliphatic heterocycles. The summed E-state index contributed by atoms with van der Waals surface area (Å²) in [6.45, 7) is 5.46. The van der Waals surface area contributed by atoms with Gasteiger partial charge in [-0.3, -0.25) is 4.79 Å². The molecule has 0 saturated heterocycles. The number of halogens is 4. The minimum Gasteiger partial charge on any atom is -0.462 e. The van der Waals surface area contributed by atoms with E-state index in [1.54, 1.807) is 62.5 Å². The van der Waals surface area contributed by atoms with Crippen molar-refractivity contribution in [3.8, 4) is 22.5 Å². The summed E-state index contributed by atoms with van der Waals surface area (Å²) in [5, 5.41) is 1.90. The molecule has 4 aromatic rings. The number of esters is 2. The summed E-state index contributed by atoms with van der Waals surface area (Å²) < 4.78 is 9.99. The van der Waals surface area contributed by atoms with Gasteiger partial charge in [-0.25, -0.2) is 9.59 Å². The molecule has 2 aromatic carbocycles. The number of hydrogen-bond acceptors (Lipinski definition) is 5. The summed E-state index contributed by atoms with van der Waals surface area (Å²) >= 11 is 24.0. The largest absolute Gasteiger partial charge is 0.462 e. The van der Waals surface area contributed by atoms with E-state index in [2.05, 4.69) is 9.97 Å². The summed E-state index contributed by atoms with van der Waals surface area (Å²) in [4.78, 5) is 41.2. The molecule has 0 unspecified atom stereocenters. The van der Waals surface area contributed by atoms with Crippen molar-refractivity contribution in [3.05, 3.63) is 91.6 Å². The normalized spacial score (nSPS) is 10.4. The molecule has 7 nitrogen and oxygen atoms in total. The molecule has 0 aliphatic carbocycles. The van der Waals surface area contributed by atoms with Crippen LogP contribution in [0.3, 0.4) is 0 Å². The number of ether oxygens (including phenoxy) is 2. The Morgan fingerprint density at radius 3 is 1.72 bits per heavy atom. The van der Waals surface area contributed by atoms with E-state index < -0.39 is 5.97 Å². The zero-order valence-electron chi connectivity index (χ0n) is 21.2. The second-order valence-corrected chi connectivity index (χ2v) is 9.67. The Bertz CT molecular complexity index is 1510. The van der Waals surface area contributed by atoms with Crippen LogP contribution in [0.25, 0.3) is 22.5 Å². The van der Waals surface area contributed by atoms with Gasteiger partial charge in [0, 0.05) is 34.3 Å². The van der Waals surface area contributed by atoms with Crippen LogP contribution in [0.1, 0.15) is 52.0 Å².